The van der Waals surface area contributed by atoms with Crippen LogP contribution in [0.25, 0.3) is 12.2 Å². The van der Waals surface area contributed by atoms with E-state index < -0.39 is 0 Å². The first-order valence-corrected chi connectivity index (χ1v) is 7.08. The Morgan fingerprint density at radius 2 is 1.45 bits per heavy atom. The maximum atomic E-state index is 5.86. The highest BCUT2D eigenvalue weighted by molar-refractivity contribution is 6.37. The van der Waals surface area contributed by atoms with Crippen molar-refractivity contribution in [2.75, 3.05) is 0 Å². The smallest absolute Gasteiger partial charge is 0.0493 e. The Labute approximate surface area is 135 Å². The second-order valence-corrected chi connectivity index (χ2v) is 5.29. The zero-order valence-corrected chi connectivity index (χ0v) is 13.4. The zero-order chi connectivity index (χ0) is 15.1. The molecule has 0 radical (unpaired) electrons. The molecular weight excluding hydrogens is 311 g/mol. The third-order valence-electron chi connectivity index (χ3n) is 2.58. The molecule has 3 heteroatoms. The molecule has 0 atom stereocenters. The normalized spacial score (nSPS) is 9.40. The van der Waals surface area contributed by atoms with Crippen LogP contribution in [-0.4, -0.2) is 0 Å². The molecule has 0 unspecified atom stereocenters. The van der Waals surface area contributed by atoms with Gasteiger partial charge in [0.05, 0.1) is 0 Å². The van der Waals surface area contributed by atoms with Crippen molar-refractivity contribution in [3.05, 3.63) is 81.3 Å². The molecule has 0 N–H and O–H groups in total. The second kappa shape index (κ2) is 8.16. The van der Waals surface area contributed by atoms with Crippen LogP contribution in [0.15, 0.2) is 49.6 Å². The van der Waals surface area contributed by atoms with Crippen LogP contribution in [0.2, 0.25) is 15.1 Å². The number of halogens is 3. The van der Waals surface area contributed by atoms with Crippen molar-refractivity contribution in [3.63, 3.8) is 0 Å². The molecule has 0 amide bonds. The maximum Gasteiger partial charge on any atom is 0.0493 e. The van der Waals surface area contributed by atoms with Gasteiger partial charge >= 0.3 is 0 Å². The lowest BCUT2D eigenvalue weighted by Crippen LogP contribution is -1.75. The summed E-state index contributed by atoms with van der Waals surface area (Å²) < 4.78 is 0. The molecular formula is C17H15Cl3. The fourth-order valence-electron chi connectivity index (χ4n) is 1.50. The lowest BCUT2D eigenvalue weighted by atomic mass is 10.1. The first kappa shape index (κ1) is 16.8. The number of benzene rings is 2. The van der Waals surface area contributed by atoms with Crippen molar-refractivity contribution in [3.8, 4) is 0 Å². The molecule has 0 aliphatic rings. The number of rotatable bonds is 2. The van der Waals surface area contributed by atoms with Crippen LogP contribution in [-0.2, 0) is 0 Å². The van der Waals surface area contributed by atoms with Gasteiger partial charge in [-0.05, 0) is 36.2 Å². The highest BCUT2D eigenvalue weighted by atomic mass is 35.5. The molecule has 2 rings (SSSR count). The van der Waals surface area contributed by atoms with Crippen LogP contribution in [0.4, 0.5) is 0 Å². The molecule has 0 bridgehead atoms. The summed E-state index contributed by atoms with van der Waals surface area (Å²) >= 11 is 17.4. The average molecular weight is 326 g/mol. The Bertz CT molecular complexity index is 595. The van der Waals surface area contributed by atoms with Crippen LogP contribution < -0.4 is 0 Å². The predicted molar refractivity (Wildman–Crippen MR) is 92.8 cm³/mol. The van der Waals surface area contributed by atoms with E-state index in [1.807, 2.05) is 25.1 Å². The van der Waals surface area contributed by atoms with E-state index in [9.17, 15) is 0 Å². The largest absolute Gasteiger partial charge is 0.0984 e. The Balaban J connectivity index is 0.000000200. The van der Waals surface area contributed by atoms with E-state index in [2.05, 4.69) is 13.2 Å². The van der Waals surface area contributed by atoms with Crippen molar-refractivity contribution >= 4 is 47.0 Å². The molecule has 0 heterocycles. The van der Waals surface area contributed by atoms with Gasteiger partial charge in [0, 0.05) is 20.6 Å². The van der Waals surface area contributed by atoms with Crippen LogP contribution in [0.3, 0.4) is 0 Å². The minimum atomic E-state index is 0.641. The second-order valence-electron chi connectivity index (χ2n) is 4.07. The Kier molecular flexibility index (Phi) is 6.87. The summed E-state index contributed by atoms with van der Waals surface area (Å²) in [7, 11) is 0. The minimum Gasteiger partial charge on any atom is -0.0984 e. The SMILES string of the molecule is C=Cc1c(Cl)cccc1Cl.C=Cc1ccc(C)cc1Cl. The zero-order valence-electron chi connectivity index (χ0n) is 11.2. The maximum absolute atomic E-state index is 5.86. The lowest BCUT2D eigenvalue weighted by Gasteiger charge is -1.98. The van der Waals surface area contributed by atoms with E-state index in [1.165, 1.54) is 5.56 Å². The molecule has 0 spiro atoms. The van der Waals surface area contributed by atoms with Gasteiger partial charge in [-0.25, -0.2) is 0 Å². The van der Waals surface area contributed by atoms with Crippen molar-refractivity contribution in [2.24, 2.45) is 0 Å². The van der Waals surface area contributed by atoms with Gasteiger partial charge in [-0.15, -0.1) is 0 Å². The highest BCUT2D eigenvalue weighted by Crippen LogP contribution is 2.24. The number of aryl methyl sites for hydroxylation is 1. The first-order chi connectivity index (χ1) is 9.49. The summed E-state index contributed by atoms with van der Waals surface area (Å²) in [5.41, 5.74) is 2.97. The van der Waals surface area contributed by atoms with E-state index >= 15 is 0 Å². The molecule has 0 fully saturated rings. The van der Waals surface area contributed by atoms with Gasteiger partial charge in [0.25, 0.3) is 0 Å². The third kappa shape index (κ3) is 4.72. The van der Waals surface area contributed by atoms with Gasteiger partial charge in [0.1, 0.15) is 0 Å². The molecule has 20 heavy (non-hydrogen) atoms. The average Bonchev–Trinajstić information content (AvgIpc) is 2.40. The molecule has 0 aliphatic heterocycles. The van der Waals surface area contributed by atoms with Crippen molar-refractivity contribution in [1.29, 1.82) is 0 Å². The van der Waals surface area contributed by atoms with Crippen molar-refractivity contribution < 1.29 is 0 Å². The van der Waals surface area contributed by atoms with E-state index in [0.29, 0.717) is 10.0 Å². The highest BCUT2D eigenvalue weighted by Gasteiger charge is 1.98. The molecule has 0 saturated heterocycles. The van der Waals surface area contributed by atoms with Gasteiger partial charge in [-0.3, -0.25) is 0 Å². The molecule has 2 aromatic rings. The standard InChI is InChI=1S/C9H9Cl.C8H6Cl2/c1-3-8-5-4-7(2)6-9(8)10;1-2-6-7(9)4-3-5-8(6)10/h3-6H,1H2,2H3;2-5H,1H2. The fraction of sp³-hybridized carbons (Fsp3) is 0.0588. The third-order valence-corrected chi connectivity index (χ3v) is 3.57. The van der Waals surface area contributed by atoms with Gasteiger partial charge < -0.3 is 0 Å². The van der Waals surface area contributed by atoms with Crippen LogP contribution in [0, 0.1) is 6.92 Å². The summed E-state index contributed by atoms with van der Waals surface area (Å²) in [6.45, 7) is 9.23. The Hall–Kier alpha value is -1.21. The van der Waals surface area contributed by atoms with Gasteiger partial charge in [0.15, 0.2) is 0 Å². The molecule has 2 aromatic carbocycles. The van der Waals surface area contributed by atoms with Crippen LogP contribution in [0.5, 0.6) is 0 Å². The number of hydrogen-bond acceptors (Lipinski definition) is 0. The van der Waals surface area contributed by atoms with Gasteiger partial charge in [0.2, 0.25) is 0 Å². The summed E-state index contributed by atoms with van der Waals surface area (Å²) in [6, 6.07) is 11.3. The topological polar surface area (TPSA) is 0 Å². The molecule has 104 valence electrons. The van der Waals surface area contributed by atoms with Crippen LogP contribution in [0.1, 0.15) is 16.7 Å². The van der Waals surface area contributed by atoms with Crippen molar-refractivity contribution in [2.45, 2.75) is 6.92 Å². The summed E-state index contributed by atoms with van der Waals surface area (Å²) in [6.07, 6.45) is 3.40. The van der Waals surface area contributed by atoms with Crippen LogP contribution >= 0.6 is 34.8 Å². The van der Waals surface area contributed by atoms with Crippen molar-refractivity contribution in [1.82, 2.24) is 0 Å². The number of hydrogen-bond donors (Lipinski definition) is 0. The Morgan fingerprint density at radius 3 is 1.85 bits per heavy atom. The lowest BCUT2D eigenvalue weighted by molar-refractivity contribution is 1.46. The molecule has 0 aromatic heterocycles. The van der Waals surface area contributed by atoms with Gasteiger partial charge in [-0.2, -0.15) is 0 Å². The summed E-state index contributed by atoms with van der Waals surface area (Å²) in [4.78, 5) is 0. The van der Waals surface area contributed by atoms with E-state index in [1.54, 1.807) is 30.4 Å². The molecule has 0 aliphatic carbocycles. The quantitative estimate of drug-likeness (QED) is 0.561. The molecule has 0 nitrogen and oxygen atoms in total. The fourth-order valence-corrected chi connectivity index (χ4v) is 2.37. The first-order valence-electron chi connectivity index (χ1n) is 5.94. The van der Waals surface area contributed by atoms with E-state index in [-0.39, 0.29) is 0 Å². The van der Waals surface area contributed by atoms with E-state index in [4.69, 9.17) is 34.8 Å². The minimum absolute atomic E-state index is 0.641. The van der Waals surface area contributed by atoms with E-state index in [0.717, 1.165) is 16.1 Å². The van der Waals surface area contributed by atoms with Gasteiger partial charge in [-0.1, -0.05) is 78.3 Å². The molecule has 0 saturated carbocycles. The summed E-state index contributed by atoms with van der Waals surface area (Å²) in [5.74, 6) is 0. The summed E-state index contributed by atoms with van der Waals surface area (Å²) in [5, 5.41) is 2.06. The monoisotopic (exact) mass is 324 g/mol. The predicted octanol–water partition coefficient (Wildman–Crippen LogP) is 6.93. The Morgan fingerprint density at radius 1 is 0.850 bits per heavy atom.